The minimum Gasteiger partial charge on any atom is -0.342 e. The van der Waals surface area contributed by atoms with Gasteiger partial charge in [0.1, 0.15) is 0 Å². The Labute approximate surface area is 109 Å². The number of carbonyl (C=O) groups is 1. The van der Waals surface area contributed by atoms with Gasteiger partial charge in [-0.2, -0.15) is 0 Å². The fraction of sp³-hybridized carbons (Fsp3) is 0.533. The van der Waals surface area contributed by atoms with Crippen molar-refractivity contribution in [1.82, 2.24) is 9.80 Å². The third-order valence-electron chi connectivity index (χ3n) is 3.52. The molecule has 1 saturated heterocycles. The third kappa shape index (κ3) is 3.33. The molecule has 1 aromatic carbocycles. The highest BCUT2D eigenvalue weighted by atomic mass is 16.2. The molecule has 1 amide bonds. The van der Waals surface area contributed by atoms with E-state index in [-0.39, 0.29) is 0 Å². The zero-order valence-electron chi connectivity index (χ0n) is 11.3. The van der Waals surface area contributed by atoms with E-state index < -0.39 is 0 Å². The van der Waals surface area contributed by atoms with Gasteiger partial charge < -0.3 is 9.80 Å². The first kappa shape index (κ1) is 13.1. The fourth-order valence-electron chi connectivity index (χ4n) is 2.51. The van der Waals surface area contributed by atoms with Crippen molar-refractivity contribution in [2.75, 3.05) is 33.7 Å². The van der Waals surface area contributed by atoms with E-state index in [9.17, 15) is 4.79 Å². The van der Waals surface area contributed by atoms with Crippen molar-refractivity contribution < 1.29 is 4.79 Å². The summed E-state index contributed by atoms with van der Waals surface area (Å²) in [7, 11) is 4.14. The van der Waals surface area contributed by atoms with Crippen molar-refractivity contribution in [3.8, 4) is 0 Å². The molecule has 0 N–H and O–H groups in total. The number of hydrogen-bond acceptors (Lipinski definition) is 2. The van der Waals surface area contributed by atoms with Crippen molar-refractivity contribution in [1.29, 1.82) is 0 Å². The monoisotopic (exact) mass is 246 g/mol. The molecule has 1 heterocycles. The Balaban J connectivity index is 1.87. The van der Waals surface area contributed by atoms with Gasteiger partial charge in [-0.15, -0.1) is 0 Å². The molecule has 0 radical (unpaired) electrons. The summed E-state index contributed by atoms with van der Waals surface area (Å²) in [5, 5.41) is 0. The van der Waals surface area contributed by atoms with E-state index in [0.29, 0.717) is 18.2 Å². The Morgan fingerprint density at radius 1 is 1.28 bits per heavy atom. The molecular weight excluding hydrogens is 224 g/mol. The van der Waals surface area contributed by atoms with E-state index in [0.717, 1.165) is 26.1 Å². The van der Waals surface area contributed by atoms with Crippen LogP contribution in [0.4, 0.5) is 0 Å². The molecule has 0 saturated carbocycles. The standard InChI is InChI=1S/C15H22N2O/c1-16(2)9-6-10-17-12-14(11-15(17)18)13-7-4-3-5-8-13/h3-5,7-8,14H,6,9-12H2,1-2H3/t14-/m1/s1. The van der Waals surface area contributed by atoms with E-state index in [2.05, 4.69) is 43.3 Å². The van der Waals surface area contributed by atoms with Gasteiger partial charge in [0.25, 0.3) is 0 Å². The quantitative estimate of drug-likeness (QED) is 0.793. The summed E-state index contributed by atoms with van der Waals surface area (Å²) in [5.41, 5.74) is 1.29. The van der Waals surface area contributed by atoms with Gasteiger partial charge in [-0.1, -0.05) is 30.3 Å². The number of nitrogens with zero attached hydrogens (tertiary/aromatic N) is 2. The topological polar surface area (TPSA) is 23.6 Å². The van der Waals surface area contributed by atoms with Crippen LogP contribution in [0.1, 0.15) is 24.3 Å². The zero-order valence-corrected chi connectivity index (χ0v) is 11.3. The Hall–Kier alpha value is -1.35. The number of hydrogen-bond donors (Lipinski definition) is 0. The van der Waals surface area contributed by atoms with Crippen LogP contribution in [0, 0.1) is 0 Å². The van der Waals surface area contributed by atoms with Crippen LogP contribution in [0.2, 0.25) is 0 Å². The molecule has 1 aromatic rings. The summed E-state index contributed by atoms with van der Waals surface area (Å²) in [6.45, 7) is 2.82. The average molecular weight is 246 g/mol. The Morgan fingerprint density at radius 3 is 2.67 bits per heavy atom. The molecule has 0 unspecified atom stereocenters. The highest BCUT2D eigenvalue weighted by molar-refractivity contribution is 5.79. The van der Waals surface area contributed by atoms with Crippen LogP contribution in [-0.2, 0) is 4.79 Å². The van der Waals surface area contributed by atoms with Crippen LogP contribution >= 0.6 is 0 Å². The first-order valence-electron chi connectivity index (χ1n) is 6.64. The van der Waals surface area contributed by atoms with Crippen LogP contribution < -0.4 is 0 Å². The average Bonchev–Trinajstić information content (AvgIpc) is 2.72. The lowest BCUT2D eigenvalue weighted by Gasteiger charge is -2.18. The van der Waals surface area contributed by atoms with Gasteiger partial charge in [0, 0.05) is 25.4 Å². The molecule has 1 aliphatic rings. The second-order valence-electron chi connectivity index (χ2n) is 5.31. The molecular formula is C15H22N2O. The summed E-state index contributed by atoms with van der Waals surface area (Å²) < 4.78 is 0. The first-order valence-corrected chi connectivity index (χ1v) is 6.64. The summed E-state index contributed by atoms with van der Waals surface area (Å²) in [6.07, 6.45) is 1.73. The minimum atomic E-state index is 0.308. The molecule has 0 spiro atoms. The van der Waals surface area contributed by atoms with Gasteiger partial charge in [0.2, 0.25) is 5.91 Å². The van der Waals surface area contributed by atoms with Gasteiger partial charge >= 0.3 is 0 Å². The number of carbonyl (C=O) groups excluding carboxylic acids is 1. The highest BCUT2D eigenvalue weighted by Crippen LogP contribution is 2.27. The maximum Gasteiger partial charge on any atom is 0.223 e. The van der Waals surface area contributed by atoms with E-state index >= 15 is 0 Å². The number of likely N-dealkylation sites (tertiary alicyclic amines) is 1. The SMILES string of the molecule is CN(C)CCCN1C[C@H](c2ccccc2)CC1=O. The van der Waals surface area contributed by atoms with Gasteiger partial charge in [-0.25, -0.2) is 0 Å². The normalized spacial score (nSPS) is 19.8. The third-order valence-corrected chi connectivity index (χ3v) is 3.52. The van der Waals surface area contributed by atoms with E-state index in [1.165, 1.54) is 5.56 Å². The van der Waals surface area contributed by atoms with Crippen LogP contribution in [0.15, 0.2) is 30.3 Å². The number of amides is 1. The fourth-order valence-corrected chi connectivity index (χ4v) is 2.51. The van der Waals surface area contributed by atoms with Crippen molar-refractivity contribution >= 4 is 5.91 Å². The summed E-state index contributed by atoms with van der Waals surface area (Å²) in [4.78, 5) is 16.1. The molecule has 18 heavy (non-hydrogen) atoms. The molecule has 3 nitrogen and oxygen atoms in total. The van der Waals surface area contributed by atoms with Gasteiger partial charge in [0.05, 0.1) is 0 Å². The molecule has 0 aromatic heterocycles. The van der Waals surface area contributed by atoms with E-state index in [4.69, 9.17) is 0 Å². The Kier molecular flexibility index (Phi) is 4.37. The molecule has 0 bridgehead atoms. The van der Waals surface area contributed by atoms with Gasteiger partial charge in [-0.05, 0) is 32.6 Å². The highest BCUT2D eigenvalue weighted by Gasteiger charge is 2.29. The molecule has 1 fully saturated rings. The molecule has 1 atom stereocenters. The largest absolute Gasteiger partial charge is 0.342 e. The predicted octanol–water partition coefficient (Wildman–Crippen LogP) is 1.95. The van der Waals surface area contributed by atoms with Crippen molar-refractivity contribution in [3.63, 3.8) is 0 Å². The minimum absolute atomic E-state index is 0.308. The summed E-state index contributed by atoms with van der Waals surface area (Å²) in [6, 6.07) is 10.4. The van der Waals surface area contributed by atoms with Crippen molar-refractivity contribution in [2.45, 2.75) is 18.8 Å². The Bertz CT molecular complexity index is 389. The molecule has 2 rings (SSSR count). The van der Waals surface area contributed by atoms with Crippen LogP contribution in [0.3, 0.4) is 0 Å². The molecule has 3 heteroatoms. The van der Waals surface area contributed by atoms with E-state index in [1.807, 2.05) is 11.0 Å². The van der Waals surface area contributed by atoms with Gasteiger partial charge in [0.15, 0.2) is 0 Å². The Morgan fingerprint density at radius 2 is 2.00 bits per heavy atom. The number of benzene rings is 1. The lowest BCUT2D eigenvalue weighted by molar-refractivity contribution is -0.127. The van der Waals surface area contributed by atoms with Crippen LogP contribution in [-0.4, -0.2) is 49.4 Å². The maximum atomic E-state index is 11.9. The second kappa shape index (κ2) is 6.01. The predicted molar refractivity (Wildman–Crippen MR) is 73.6 cm³/mol. The second-order valence-corrected chi connectivity index (χ2v) is 5.31. The first-order chi connectivity index (χ1) is 8.66. The summed E-state index contributed by atoms with van der Waals surface area (Å²) in [5.74, 6) is 0.695. The van der Waals surface area contributed by atoms with Crippen molar-refractivity contribution in [2.24, 2.45) is 0 Å². The van der Waals surface area contributed by atoms with Crippen LogP contribution in [0.5, 0.6) is 0 Å². The molecule has 1 aliphatic heterocycles. The smallest absolute Gasteiger partial charge is 0.223 e. The van der Waals surface area contributed by atoms with Crippen LogP contribution in [0.25, 0.3) is 0 Å². The summed E-state index contributed by atoms with van der Waals surface area (Å²) >= 11 is 0. The van der Waals surface area contributed by atoms with E-state index in [1.54, 1.807) is 0 Å². The zero-order chi connectivity index (χ0) is 13.0. The lowest BCUT2D eigenvalue weighted by Crippen LogP contribution is -2.28. The van der Waals surface area contributed by atoms with Crippen molar-refractivity contribution in [3.05, 3.63) is 35.9 Å². The number of rotatable bonds is 5. The van der Waals surface area contributed by atoms with Gasteiger partial charge in [-0.3, -0.25) is 4.79 Å². The molecule has 98 valence electrons. The maximum absolute atomic E-state index is 11.9. The molecule has 0 aliphatic carbocycles. The lowest BCUT2D eigenvalue weighted by atomic mass is 9.99.